The van der Waals surface area contributed by atoms with Crippen LogP contribution in [0.3, 0.4) is 0 Å². The number of halogens is 2. The SMILES string of the molecule is COC(=O)Cn1cc(NC(=O)c2ccc(Br)cc2Cl)cn1. The first kappa shape index (κ1) is 15.5. The summed E-state index contributed by atoms with van der Waals surface area (Å²) in [7, 11) is 1.30. The molecule has 0 bridgehead atoms. The Hall–Kier alpha value is -1.86. The topological polar surface area (TPSA) is 73.2 Å². The number of carbonyl (C=O) groups is 2. The molecule has 2 aromatic rings. The van der Waals surface area contributed by atoms with Gasteiger partial charge in [0.1, 0.15) is 6.54 Å². The Morgan fingerprint density at radius 2 is 2.24 bits per heavy atom. The zero-order valence-corrected chi connectivity index (χ0v) is 13.3. The summed E-state index contributed by atoms with van der Waals surface area (Å²) < 4.78 is 6.68. The molecule has 110 valence electrons. The number of nitrogens with one attached hydrogen (secondary N) is 1. The maximum Gasteiger partial charge on any atom is 0.327 e. The quantitative estimate of drug-likeness (QED) is 0.838. The smallest absolute Gasteiger partial charge is 0.327 e. The van der Waals surface area contributed by atoms with Gasteiger partial charge >= 0.3 is 5.97 Å². The number of amides is 1. The van der Waals surface area contributed by atoms with E-state index in [-0.39, 0.29) is 12.5 Å². The van der Waals surface area contributed by atoms with Crippen LogP contribution >= 0.6 is 27.5 Å². The highest BCUT2D eigenvalue weighted by Crippen LogP contribution is 2.22. The van der Waals surface area contributed by atoms with Gasteiger partial charge in [-0.25, -0.2) is 0 Å². The van der Waals surface area contributed by atoms with Crippen molar-refractivity contribution in [1.29, 1.82) is 0 Å². The molecule has 0 radical (unpaired) electrons. The molecule has 1 amide bonds. The van der Waals surface area contributed by atoms with E-state index < -0.39 is 5.97 Å². The normalized spacial score (nSPS) is 10.2. The standard InChI is InChI=1S/C13H11BrClN3O3/c1-21-12(19)7-18-6-9(5-16-18)17-13(20)10-3-2-8(14)4-11(10)15/h2-6H,7H2,1H3,(H,17,20). The van der Waals surface area contributed by atoms with Crippen molar-refractivity contribution in [2.24, 2.45) is 0 Å². The predicted molar refractivity (Wildman–Crippen MR) is 81.3 cm³/mol. The fourth-order valence-corrected chi connectivity index (χ4v) is 2.34. The van der Waals surface area contributed by atoms with Crippen LogP contribution < -0.4 is 5.32 Å². The number of aromatic nitrogens is 2. The summed E-state index contributed by atoms with van der Waals surface area (Å²) in [6, 6.07) is 4.97. The number of rotatable bonds is 4. The van der Waals surface area contributed by atoms with Crippen LogP contribution in [0.25, 0.3) is 0 Å². The van der Waals surface area contributed by atoms with Crippen LogP contribution in [0.15, 0.2) is 35.1 Å². The minimum absolute atomic E-state index is 0.0224. The Bertz CT molecular complexity index is 687. The van der Waals surface area contributed by atoms with Crippen LogP contribution in [0, 0.1) is 0 Å². The molecule has 8 heteroatoms. The van der Waals surface area contributed by atoms with Gasteiger partial charge in [0.15, 0.2) is 0 Å². The Balaban J connectivity index is 2.07. The molecule has 0 saturated heterocycles. The molecule has 1 aromatic carbocycles. The average Bonchev–Trinajstić information content (AvgIpc) is 2.85. The largest absolute Gasteiger partial charge is 0.468 e. The van der Waals surface area contributed by atoms with Gasteiger partial charge in [0.25, 0.3) is 5.91 Å². The van der Waals surface area contributed by atoms with Gasteiger partial charge < -0.3 is 10.1 Å². The van der Waals surface area contributed by atoms with Crippen LogP contribution in [-0.4, -0.2) is 28.8 Å². The first-order valence-electron chi connectivity index (χ1n) is 5.85. The van der Waals surface area contributed by atoms with E-state index in [1.807, 2.05) is 0 Å². The molecule has 0 unspecified atom stereocenters. The third kappa shape index (κ3) is 4.05. The van der Waals surface area contributed by atoms with Crippen LogP contribution in [-0.2, 0) is 16.1 Å². The van der Waals surface area contributed by atoms with Crippen LogP contribution in [0.2, 0.25) is 5.02 Å². The van der Waals surface area contributed by atoms with Crippen molar-refractivity contribution in [1.82, 2.24) is 9.78 Å². The van der Waals surface area contributed by atoms with Crippen molar-refractivity contribution in [2.75, 3.05) is 12.4 Å². The van der Waals surface area contributed by atoms with E-state index in [1.165, 1.54) is 24.2 Å². The molecule has 1 aromatic heterocycles. The van der Waals surface area contributed by atoms with Gasteiger partial charge in [-0.05, 0) is 18.2 Å². The first-order chi connectivity index (χ1) is 9.99. The van der Waals surface area contributed by atoms with Gasteiger partial charge in [-0.3, -0.25) is 14.3 Å². The Kier molecular flexibility index (Phi) is 4.98. The van der Waals surface area contributed by atoms with Gasteiger partial charge in [0, 0.05) is 10.7 Å². The highest BCUT2D eigenvalue weighted by molar-refractivity contribution is 9.10. The van der Waals surface area contributed by atoms with Gasteiger partial charge in [-0.1, -0.05) is 27.5 Å². The van der Waals surface area contributed by atoms with Gasteiger partial charge in [-0.2, -0.15) is 5.10 Å². The molecule has 0 aliphatic heterocycles. The second kappa shape index (κ2) is 6.73. The lowest BCUT2D eigenvalue weighted by atomic mass is 10.2. The lowest BCUT2D eigenvalue weighted by Gasteiger charge is -2.05. The van der Waals surface area contributed by atoms with E-state index >= 15 is 0 Å². The number of methoxy groups -OCH3 is 1. The van der Waals surface area contributed by atoms with E-state index in [0.717, 1.165) is 4.47 Å². The second-order valence-corrected chi connectivity index (χ2v) is 5.40. The predicted octanol–water partition coefficient (Wildman–Crippen LogP) is 2.72. The minimum Gasteiger partial charge on any atom is -0.468 e. The van der Waals surface area contributed by atoms with Crippen molar-refractivity contribution in [3.8, 4) is 0 Å². The molecule has 1 heterocycles. The summed E-state index contributed by atoms with van der Waals surface area (Å²) in [5.41, 5.74) is 0.809. The fraction of sp³-hybridized carbons (Fsp3) is 0.154. The number of esters is 1. The number of nitrogens with zero attached hydrogens (tertiary/aromatic N) is 2. The third-order valence-electron chi connectivity index (χ3n) is 2.59. The minimum atomic E-state index is -0.424. The number of anilines is 1. The third-order valence-corrected chi connectivity index (χ3v) is 3.39. The number of carbonyl (C=O) groups excluding carboxylic acids is 2. The lowest BCUT2D eigenvalue weighted by Crippen LogP contribution is -2.13. The highest BCUT2D eigenvalue weighted by Gasteiger charge is 2.12. The van der Waals surface area contributed by atoms with E-state index in [2.05, 4.69) is 31.1 Å². The molecule has 0 spiro atoms. The summed E-state index contributed by atoms with van der Waals surface area (Å²) in [6.45, 7) is -0.0224. The monoisotopic (exact) mass is 371 g/mol. The summed E-state index contributed by atoms with van der Waals surface area (Å²) in [5, 5.41) is 6.94. The molecule has 1 N–H and O–H groups in total. The summed E-state index contributed by atoms with van der Waals surface area (Å²) in [4.78, 5) is 23.2. The molecule has 0 saturated carbocycles. The van der Waals surface area contributed by atoms with Crippen LogP contribution in [0.5, 0.6) is 0 Å². The van der Waals surface area contributed by atoms with E-state index in [0.29, 0.717) is 16.3 Å². The van der Waals surface area contributed by atoms with Gasteiger partial charge in [0.05, 0.1) is 29.6 Å². The molecule has 0 aliphatic carbocycles. The second-order valence-electron chi connectivity index (χ2n) is 4.08. The molecule has 21 heavy (non-hydrogen) atoms. The Morgan fingerprint density at radius 1 is 1.48 bits per heavy atom. The van der Waals surface area contributed by atoms with Gasteiger partial charge in [0.2, 0.25) is 0 Å². The summed E-state index contributed by atoms with van der Waals surface area (Å²) >= 11 is 9.28. The first-order valence-corrected chi connectivity index (χ1v) is 7.02. The molecular formula is C13H11BrClN3O3. The van der Waals surface area contributed by atoms with Crippen molar-refractivity contribution >= 4 is 45.1 Å². The van der Waals surface area contributed by atoms with Crippen molar-refractivity contribution < 1.29 is 14.3 Å². The van der Waals surface area contributed by atoms with Crippen molar-refractivity contribution in [3.63, 3.8) is 0 Å². The molecule has 0 fully saturated rings. The van der Waals surface area contributed by atoms with Gasteiger partial charge in [-0.15, -0.1) is 0 Å². The number of benzene rings is 1. The Morgan fingerprint density at radius 3 is 2.90 bits per heavy atom. The molecule has 0 atom stereocenters. The zero-order valence-electron chi connectivity index (χ0n) is 11.0. The van der Waals surface area contributed by atoms with E-state index in [4.69, 9.17) is 11.6 Å². The van der Waals surface area contributed by atoms with Crippen molar-refractivity contribution in [3.05, 3.63) is 45.7 Å². The maximum absolute atomic E-state index is 12.1. The number of hydrogen-bond donors (Lipinski definition) is 1. The zero-order chi connectivity index (χ0) is 15.4. The van der Waals surface area contributed by atoms with Crippen LogP contribution in [0.1, 0.15) is 10.4 Å². The molecule has 2 rings (SSSR count). The maximum atomic E-state index is 12.1. The lowest BCUT2D eigenvalue weighted by molar-refractivity contribution is -0.141. The van der Waals surface area contributed by atoms with Crippen molar-refractivity contribution in [2.45, 2.75) is 6.54 Å². The molecule has 6 nitrogen and oxygen atoms in total. The summed E-state index contributed by atoms with van der Waals surface area (Å²) in [6.07, 6.45) is 2.97. The number of ether oxygens (including phenoxy) is 1. The van der Waals surface area contributed by atoms with Crippen LogP contribution in [0.4, 0.5) is 5.69 Å². The molecular weight excluding hydrogens is 362 g/mol. The van der Waals surface area contributed by atoms with E-state index in [1.54, 1.807) is 18.2 Å². The fourth-order valence-electron chi connectivity index (χ4n) is 1.58. The average molecular weight is 373 g/mol. The highest BCUT2D eigenvalue weighted by atomic mass is 79.9. The molecule has 0 aliphatic rings. The van der Waals surface area contributed by atoms with E-state index in [9.17, 15) is 9.59 Å². The summed E-state index contributed by atoms with van der Waals surface area (Å²) in [5.74, 6) is -0.781. The Labute approximate surface area is 134 Å². The number of hydrogen-bond acceptors (Lipinski definition) is 4.